The first-order valence-corrected chi connectivity index (χ1v) is 12.7. The van der Waals surface area contributed by atoms with Gasteiger partial charge in [-0.05, 0) is 42.8 Å². The highest BCUT2D eigenvalue weighted by atomic mass is 16.5. The van der Waals surface area contributed by atoms with Crippen LogP contribution in [-0.2, 0) is 0 Å². The molecule has 5 heterocycles. The van der Waals surface area contributed by atoms with Crippen molar-refractivity contribution in [2.75, 3.05) is 45.0 Å². The van der Waals surface area contributed by atoms with Crippen LogP contribution in [0.3, 0.4) is 0 Å². The number of benzene rings is 2. The van der Waals surface area contributed by atoms with E-state index in [0.29, 0.717) is 11.9 Å². The van der Waals surface area contributed by atoms with Crippen LogP contribution in [0, 0.1) is 0 Å². The van der Waals surface area contributed by atoms with Gasteiger partial charge in [0, 0.05) is 56.9 Å². The maximum Gasteiger partial charge on any atom is 0.164 e. The number of nitrogens with one attached hydrogen (secondary N) is 1. The summed E-state index contributed by atoms with van der Waals surface area (Å²) in [4.78, 5) is 14.1. The molecular weight excluding hydrogens is 452 g/mol. The molecule has 3 fully saturated rings. The minimum absolute atomic E-state index is 0.274. The van der Waals surface area contributed by atoms with Gasteiger partial charge in [0.25, 0.3) is 0 Å². The molecule has 3 aliphatic heterocycles. The van der Waals surface area contributed by atoms with E-state index in [1.54, 1.807) is 6.33 Å². The quantitative estimate of drug-likeness (QED) is 0.433. The van der Waals surface area contributed by atoms with Crippen LogP contribution < -0.4 is 15.8 Å². The van der Waals surface area contributed by atoms with Crippen LogP contribution in [0.1, 0.15) is 12.5 Å². The van der Waals surface area contributed by atoms with Gasteiger partial charge in [0.1, 0.15) is 29.3 Å². The van der Waals surface area contributed by atoms with Crippen LogP contribution >= 0.6 is 0 Å². The van der Waals surface area contributed by atoms with Crippen molar-refractivity contribution < 1.29 is 4.74 Å². The van der Waals surface area contributed by atoms with Gasteiger partial charge in [-0.25, -0.2) is 14.6 Å². The fourth-order valence-corrected chi connectivity index (χ4v) is 5.61. The Bertz CT molecular complexity index is 1360. The number of rotatable bonds is 6. The van der Waals surface area contributed by atoms with E-state index in [4.69, 9.17) is 15.6 Å². The van der Waals surface area contributed by atoms with Gasteiger partial charge in [0.2, 0.25) is 0 Å². The summed E-state index contributed by atoms with van der Waals surface area (Å²) in [5.41, 5.74) is 8.96. The maximum absolute atomic E-state index is 6.36. The van der Waals surface area contributed by atoms with E-state index in [-0.39, 0.29) is 6.04 Å². The number of hydrogen-bond donors (Lipinski definition) is 2. The molecule has 4 aromatic rings. The first kappa shape index (κ1) is 21.7. The summed E-state index contributed by atoms with van der Waals surface area (Å²) in [7, 11) is 0. The largest absolute Gasteiger partial charge is 0.457 e. The third-order valence-electron chi connectivity index (χ3n) is 7.85. The van der Waals surface area contributed by atoms with E-state index in [0.717, 1.165) is 72.4 Å². The summed E-state index contributed by atoms with van der Waals surface area (Å²) < 4.78 is 8.05. The fraction of sp³-hybridized carbons (Fsp3) is 0.370. The lowest BCUT2D eigenvalue weighted by atomic mass is 10.0. The number of hydrogen-bond acceptors (Lipinski definition) is 8. The molecule has 3 aliphatic rings. The predicted octanol–water partition coefficient (Wildman–Crippen LogP) is 2.77. The Morgan fingerprint density at radius 3 is 2.33 bits per heavy atom. The van der Waals surface area contributed by atoms with Crippen molar-refractivity contribution in [3.63, 3.8) is 0 Å². The highest BCUT2D eigenvalue weighted by Gasteiger charge is 2.41. The summed E-state index contributed by atoms with van der Waals surface area (Å²) >= 11 is 0. The molecule has 9 nitrogen and oxygen atoms in total. The number of anilines is 1. The van der Waals surface area contributed by atoms with E-state index >= 15 is 0 Å². The molecule has 0 amide bonds. The minimum atomic E-state index is 0.274. The Morgan fingerprint density at radius 1 is 0.833 bits per heavy atom. The second-order valence-electron chi connectivity index (χ2n) is 10.0. The van der Waals surface area contributed by atoms with Gasteiger partial charge in [-0.15, -0.1) is 0 Å². The molecule has 184 valence electrons. The average Bonchev–Trinajstić information content (AvgIpc) is 3.47. The Balaban J connectivity index is 1.13. The Labute approximate surface area is 209 Å². The van der Waals surface area contributed by atoms with E-state index in [2.05, 4.69) is 29.8 Å². The standard InChI is InChI=1S/C27H30N8O/c28-26-24-25(18-6-8-23(9-7-18)36-22-4-2-1-3-5-22)32-35(27(24)31-17-30-26)19-10-11-33(14-19)21-15-34(16-21)20-12-29-13-20/h1-9,17,19-21,29H,10-16H2,(H2,28,30,31). The van der Waals surface area contributed by atoms with Gasteiger partial charge in [-0.2, -0.15) is 5.10 Å². The fourth-order valence-electron chi connectivity index (χ4n) is 5.61. The van der Waals surface area contributed by atoms with Crippen LogP contribution in [-0.4, -0.2) is 80.9 Å². The van der Waals surface area contributed by atoms with Crippen LogP contribution in [0.2, 0.25) is 0 Å². The third-order valence-corrected chi connectivity index (χ3v) is 7.85. The molecule has 7 rings (SSSR count). The van der Waals surface area contributed by atoms with Crippen LogP contribution in [0.25, 0.3) is 22.3 Å². The molecule has 1 atom stereocenters. The molecule has 36 heavy (non-hydrogen) atoms. The van der Waals surface area contributed by atoms with Gasteiger partial charge >= 0.3 is 0 Å². The number of likely N-dealkylation sites (tertiary alicyclic amines) is 2. The molecule has 1 unspecified atom stereocenters. The molecule has 0 aliphatic carbocycles. The summed E-state index contributed by atoms with van der Waals surface area (Å²) in [6.45, 7) is 6.71. The third kappa shape index (κ3) is 3.80. The van der Waals surface area contributed by atoms with Crippen LogP contribution in [0.15, 0.2) is 60.9 Å². The Hall–Kier alpha value is -3.53. The first-order chi connectivity index (χ1) is 17.7. The number of ether oxygens (including phenoxy) is 1. The van der Waals surface area contributed by atoms with Gasteiger partial charge < -0.3 is 15.8 Å². The lowest BCUT2D eigenvalue weighted by Gasteiger charge is -2.50. The van der Waals surface area contributed by atoms with Crippen LogP contribution in [0.4, 0.5) is 5.82 Å². The average molecular weight is 483 g/mol. The topological polar surface area (TPSA) is 97.4 Å². The highest BCUT2D eigenvalue weighted by Crippen LogP contribution is 2.36. The van der Waals surface area contributed by atoms with Crippen molar-refractivity contribution in [1.29, 1.82) is 0 Å². The number of nitrogens with two attached hydrogens (primary N) is 1. The number of para-hydroxylation sites is 1. The van der Waals surface area contributed by atoms with Gasteiger partial charge in [-0.1, -0.05) is 18.2 Å². The molecular formula is C27H30N8O. The van der Waals surface area contributed by atoms with E-state index in [9.17, 15) is 0 Å². The van der Waals surface area contributed by atoms with Gasteiger partial charge in [-0.3, -0.25) is 9.80 Å². The molecule has 0 radical (unpaired) electrons. The minimum Gasteiger partial charge on any atom is -0.457 e. The molecule has 9 heteroatoms. The maximum atomic E-state index is 6.36. The number of fused-ring (bicyclic) bond motifs is 1. The molecule has 3 saturated heterocycles. The van der Waals surface area contributed by atoms with Gasteiger partial charge in [0.05, 0.1) is 11.4 Å². The molecule has 0 saturated carbocycles. The Kier molecular flexibility index (Phi) is 5.34. The highest BCUT2D eigenvalue weighted by molar-refractivity contribution is 5.98. The molecule has 2 aromatic heterocycles. The first-order valence-electron chi connectivity index (χ1n) is 12.7. The van der Waals surface area contributed by atoms with Crippen molar-refractivity contribution >= 4 is 16.9 Å². The molecule has 0 bridgehead atoms. The van der Waals surface area contributed by atoms with E-state index in [1.807, 2.05) is 54.6 Å². The lowest BCUT2D eigenvalue weighted by molar-refractivity contribution is -0.00233. The Morgan fingerprint density at radius 2 is 1.58 bits per heavy atom. The zero-order valence-corrected chi connectivity index (χ0v) is 20.1. The van der Waals surface area contributed by atoms with E-state index < -0.39 is 0 Å². The smallest absolute Gasteiger partial charge is 0.164 e. The number of aromatic nitrogens is 4. The van der Waals surface area contributed by atoms with Gasteiger partial charge in [0.15, 0.2) is 5.65 Å². The van der Waals surface area contributed by atoms with E-state index in [1.165, 1.54) is 13.1 Å². The van der Waals surface area contributed by atoms with Crippen molar-refractivity contribution in [3.8, 4) is 22.8 Å². The molecule has 2 aromatic carbocycles. The summed E-state index contributed by atoms with van der Waals surface area (Å²) in [5, 5.41) is 9.26. The zero-order chi connectivity index (χ0) is 24.1. The van der Waals surface area contributed by atoms with Crippen molar-refractivity contribution in [1.82, 2.24) is 34.9 Å². The summed E-state index contributed by atoms with van der Waals surface area (Å²) in [5.74, 6) is 2.04. The van der Waals surface area contributed by atoms with Crippen molar-refractivity contribution in [3.05, 3.63) is 60.9 Å². The number of nitrogen functional groups attached to an aromatic ring is 1. The van der Waals surface area contributed by atoms with Crippen molar-refractivity contribution in [2.45, 2.75) is 24.5 Å². The SMILES string of the molecule is Nc1ncnc2c1c(-c1ccc(Oc3ccccc3)cc1)nn2C1CCN(C2CN(C3CNC3)C2)C1. The number of nitrogens with zero attached hydrogens (tertiary/aromatic N) is 6. The van der Waals surface area contributed by atoms with Crippen LogP contribution in [0.5, 0.6) is 11.5 Å². The molecule has 0 spiro atoms. The van der Waals surface area contributed by atoms with Crippen molar-refractivity contribution in [2.24, 2.45) is 0 Å². The summed E-state index contributed by atoms with van der Waals surface area (Å²) in [6.07, 6.45) is 2.60. The lowest BCUT2D eigenvalue weighted by Crippen LogP contribution is -2.68. The molecule has 3 N–H and O–H groups in total. The monoisotopic (exact) mass is 482 g/mol. The second kappa shape index (κ2) is 8.85. The normalized spacial score (nSPS) is 21.5. The summed E-state index contributed by atoms with van der Waals surface area (Å²) in [6, 6.07) is 19.4. The second-order valence-corrected chi connectivity index (χ2v) is 10.0. The zero-order valence-electron chi connectivity index (χ0n) is 20.1. The predicted molar refractivity (Wildman–Crippen MR) is 139 cm³/mol.